The van der Waals surface area contributed by atoms with Crippen LogP contribution in [0.5, 0.6) is 11.5 Å². The molecule has 2 amide bonds. The molecule has 1 aliphatic rings. The highest BCUT2D eigenvalue weighted by atomic mass is 16.7. The van der Waals surface area contributed by atoms with Gasteiger partial charge in [-0.2, -0.15) is 0 Å². The fourth-order valence-electron chi connectivity index (χ4n) is 3.14. The van der Waals surface area contributed by atoms with Gasteiger partial charge >= 0.3 is 0 Å². The number of nitrogens with zero attached hydrogens (tertiary/aromatic N) is 1. The Bertz CT molecular complexity index is 1150. The molecule has 0 saturated heterocycles. The van der Waals surface area contributed by atoms with Crippen LogP contribution in [0, 0.1) is 0 Å². The molecular weight excluding hydrogens is 398 g/mol. The van der Waals surface area contributed by atoms with Gasteiger partial charge in [-0.15, -0.1) is 0 Å². The van der Waals surface area contributed by atoms with Crippen LogP contribution in [0.1, 0.15) is 22.8 Å². The molecule has 0 spiro atoms. The first kappa shape index (κ1) is 20.0. The lowest BCUT2D eigenvalue weighted by molar-refractivity contribution is -0.114. The largest absolute Gasteiger partial charge is 0.454 e. The van der Waals surface area contributed by atoms with Crippen molar-refractivity contribution in [3.8, 4) is 11.5 Å². The molecular formula is C22H21N5O4. The summed E-state index contributed by atoms with van der Waals surface area (Å²) in [6.07, 6.45) is 1.42. The fraction of sp³-hybridized carbons (Fsp3) is 0.136. The Kier molecular flexibility index (Phi) is 5.57. The first-order valence-corrected chi connectivity index (χ1v) is 9.55. The molecule has 4 rings (SSSR count). The molecule has 1 aromatic heterocycles. The van der Waals surface area contributed by atoms with Crippen LogP contribution in [0.3, 0.4) is 0 Å². The molecule has 31 heavy (non-hydrogen) atoms. The monoisotopic (exact) mass is 419 g/mol. The van der Waals surface area contributed by atoms with Crippen LogP contribution in [-0.2, 0) is 11.3 Å². The van der Waals surface area contributed by atoms with Crippen molar-refractivity contribution in [2.24, 2.45) is 5.73 Å². The summed E-state index contributed by atoms with van der Waals surface area (Å²) in [5.74, 6) is 1.16. The van der Waals surface area contributed by atoms with E-state index >= 15 is 0 Å². The van der Waals surface area contributed by atoms with E-state index in [2.05, 4.69) is 20.9 Å². The van der Waals surface area contributed by atoms with E-state index < -0.39 is 5.91 Å². The highest BCUT2D eigenvalue weighted by molar-refractivity contribution is 5.98. The minimum Gasteiger partial charge on any atom is -0.454 e. The molecule has 1 aliphatic heterocycles. The van der Waals surface area contributed by atoms with E-state index in [0.717, 1.165) is 11.3 Å². The summed E-state index contributed by atoms with van der Waals surface area (Å²) >= 11 is 0. The first-order valence-electron chi connectivity index (χ1n) is 9.55. The second-order valence-electron chi connectivity index (χ2n) is 6.91. The van der Waals surface area contributed by atoms with E-state index in [1.165, 1.54) is 13.1 Å². The number of fused-ring (bicyclic) bond motifs is 1. The van der Waals surface area contributed by atoms with Crippen LogP contribution < -0.4 is 31.2 Å². The summed E-state index contributed by atoms with van der Waals surface area (Å²) in [5, 5.41) is 9.13. The SMILES string of the molecule is CC(=O)Nc1cccc(Nc2cc(NCc3ccc4c(c3)OCO4)c(C(N)=O)cn2)c1. The number of aromatic nitrogens is 1. The fourth-order valence-corrected chi connectivity index (χ4v) is 3.14. The summed E-state index contributed by atoms with van der Waals surface area (Å²) < 4.78 is 10.7. The quantitative estimate of drug-likeness (QED) is 0.463. The smallest absolute Gasteiger partial charge is 0.252 e. The average molecular weight is 419 g/mol. The highest BCUT2D eigenvalue weighted by Crippen LogP contribution is 2.33. The summed E-state index contributed by atoms with van der Waals surface area (Å²) in [6, 6.07) is 14.6. The standard InChI is InChI=1S/C22H21N5O4/c1-13(28)26-15-3-2-4-16(8-15)27-21-9-18(17(11-25-21)22(23)29)24-10-14-5-6-19-20(7-14)31-12-30-19/h2-9,11H,10,12H2,1H3,(H2,23,29)(H,26,28)(H2,24,25,27). The molecule has 0 bridgehead atoms. The third-order valence-corrected chi connectivity index (χ3v) is 4.54. The van der Waals surface area contributed by atoms with Gasteiger partial charge in [0.15, 0.2) is 11.5 Å². The lowest BCUT2D eigenvalue weighted by Crippen LogP contribution is -2.15. The summed E-state index contributed by atoms with van der Waals surface area (Å²) in [7, 11) is 0. The summed E-state index contributed by atoms with van der Waals surface area (Å²) in [4.78, 5) is 27.4. The third kappa shape index (κ3) is 4.84. The van der Waals surface area contributed by atoms with Crippen molar-refractivity contribution in [2.45, 2.75) is 13.5 Å². The van der Waals surface area contributed by atoms with Crippen molar-refractivity contribution in [1.29, 1.82) is 0 Å². The zero-order chi connectivity index (χ0) is 21.8. The molecule has 0 unspecified atom stereocenters. The zero-order valence-electron chi connectivity index (χ0n) is 16.8. The van der Waals surface area contributed by atoms with Gasteiger partial charge in [0, 0.05) is 37.1 Å². The van der Waals surface area contributed by atoms with Crippen LogP contribution in [0.2, 0.25) is 0 Å². The lowest BCUT2D eigenvalue weighted by atomic mass is 10.1. The second-order valence-corrected chi connectivity index (χ2v) is 6.91. The molecule has 3 aromatic rings. The Labute approximate surface area is 178 Å². The van der Waals surface area contributed by atoms with Gasteiger partial charge in [-0.05, 0) is 35.9 Å². The molecule has 0 aliphatic carbocycles. The van der Waals surface area contributed by atoms with Crippen molar-refractivity contribution in [3.63, 3.8) is 0 Å². The third-order valence-electron chi connectivity index (χ3n) is 4.54. The van der Waals surface area contributed by atoms with Gasteiger partial charge in [-0.1, -0.05) is 12.1 Å². The summed E-state index contributed by atoms with van der Waals surface area (Å²) in [6.45, 7) is 2.10. The number of primary amides is 1. The van der Waals surface area contributed by atoms with Crippen LogP contribution in [0.4, 0.5) is 22.9 Å². The van der Waals surface area contributed by atoms with Crippen molar-refractivity contribution >= 4 is 34.7 Å². The Morgan fingerprint density at radius 3 is 2.68 bits per heavy atom. The normalized spacial score (nSPS) is 11.6. The Morgan fingerprint density at radius 2 is 1.87 bits per heavy atom. The Hall–Kier alpha value is -4.27. The van der Waals surface area contributed by atoms with Crippen molar-refractivity contribution < 1.29 is 19.1 Å². The predicted octanol–water partition coefficient (Wildman–Crippen LogP) is 3.22. The van der Waals surface area contributed by atoms with Crippen LogP contribution in [-0.4, -0.2) is 23.6 Å². The number of nitrogens with two attached hydrogens (primary N) is 1. The number of rotatable bonds is 7. The maximum atomic E-state index is 11.8. The summed E-state index contributed by atoms with van der Waals surface area (Å²) in [5.41, 5.74) is 8.67. The topological polar surface area (TPSA) is 128 Å². The van der Waals surface area contributed by atoms with Crippen molar-refractivity contribution in [2.75, 3.05) is 22.7 Å². The number of pyridine rings is 1. The molecule has 0 atom stereocenters. The number of carbonyl (C=O) groups is 2. The number of amides is 2. The number of nitrogens with one attached hydrogen (secondary N) is 3. The second kappa shape index (κ2) is 8.62. The number of benzene rings is 2. The minimum atomic E-state index is -0.583. The van der Waals surface area contributed by atoms with Gasteiger partial charge in [0.05, 0.1) is 11.3 Å². The van der Waals surface area contributed by atoms with E-state index in [1.807, 2.05) is 30.3 Å². The Balaban J connectivity index is 1.52. The lowest BCUT2D eigenvalue weighted by Gasteiger charge is -2.13. The van der Waals surface area contributed by atoms with E-state index in [9.17, 15) is 9.59 Å². The first-order chi connectivity index (χ1) is 15.0. The molecule has 9 heteroatoms. The molecule has 2 aromatic carbocycles. The molecule has 5 N–H and O–H groups in total. The van der Waals surface area contributed by atoms with E-state index in [0.29, 0.717) is 35.2 Å². The maximum Gasteiger partial charge on any atom is 0.252 e. The average Bonchev–Trinajstić information content (AvgIpc) is 3.20. The predicted molar refractivity (Wildman–Crippen MR) is 117 cm³/mol. The van der Waals surface area contributed by atoms with Gasteiger partial charge in [-0.25, -0.2) is 4.98 Å². The van der Waals surface area contributed by atoms with Gasteiger partial charge < -0.3 is 31.2 Å². The van der Waals surface area contributed by atoms with Gasteiger partial charge in [0.2, 0.25) is 12.7 Å². The van der Waals surface area contributed by atoms with Crippen molar-refractivity contribution in [1.82, 2.24) is 4.98 Å². The molecule has 9 nitrogen and oxygen atoms in total. The maximum absolute atomic E-state index is 11.8. The number of hydrogen-bond acceptors (Lipinski definition) is 7. The Morgan fingerprint density at radius 1 is 1.06 bits per heavy atom. The van der Waals surface area contributed by atoms with E-state index in [4.69, 9.17) is 15.2 Å². The van der Waals surface area contributed by atoms with E-state index in [-0.39, 0.29) is 18.3 Å². The molecule has 2 heterocycles. The minimum absolute atomic E-state index is 0.156. The van der Waals surface area contributed by atoms with Gasteiger partial charge in [-0.3, -0.25) is 9.59 Å². The number of hydrogen-bond donors (Lipinski definition) is 4. The van der Waals surface area contributed by atoms with Gasteiger partial charge in [0.1, 0.15) is 5.82 Å². The number of carbonyl (C=O) groups excluding carboxylic acids is 2. The van der Waals surface area contributed by atoms with Crippen LogP contribution in [0.15, 0.2) is 54.7 Å². The van der Waals surface area contributed by atoms with Gasteiger partial charge in [0.25, 0.3) is 5.91 Å². The number of ether oxygens (including phenoxy) is 2. The molecule has 0 fully saturated rings. The van der Waals surface area contributed by atoms with Crippen molar-refractivity contribution in [3.05, 3.63) is 65.9 Å². The zero-order valence-corrected chi connectivity index (χ0v) is 16.8. The van der Waals surface area contributed by atoms with E-state index in [1.54, 1.807) is 18.2 Å². The molecule has 158 valence electrons. The number of anilines is 4. The highest BCUT2D eigenvalue weighted by Gasteiger charge is 2.14. The molecule has 0 radical (unpaired) electrons. The van der Waals surface area contributed by atoms with Crippen LogP contribution in [0.25, 0.3) is 0 Å². The molecule has 0 saturated carbocycles. The van der Waals surface area contributed by atoms with Crippen LogP contribution >= 0.6 is 0 Å².